The van der Waals surface area contributed by atoms with Crippen molar-refractivity contribution in [1.82, 2.24) is 5.32 Å². The SMILES string of the molecule is C#CCCCC(NCC)C1CCC(CCCC)CC1. The van der Waals surface area contributed by atoms with Crippen LogP contribution in [-0.2, 0) is 0 Å². The molecule has 0 spiro atoms. The Balaban J connectivity index is 2.30. The molecule has 0 saturated heterocycles. The zero-order valence-electron chi connectivity index (χ0n) is 13.1. The molecule has 0 aliphatic heterocycles. The molecule has 0 aromatic carbocycles. The van der Waals surface area contributed by atoms with Gasteiger partial charge in [-0.1, -0.05) is 46.0 Å². The van der Waals surface area contributed by atoms with Crippen LogP contribution < -0.4 is 5.32 Å². The standard InChI is InChI=1S/C18H33N/c1-4-7-9-11-18(19-6-3)17-14-12-16(13-15-17)10-8-5-2/h1,16-19H,5-15H2,2-3H3. The lowest BCUT2D eigenvalue weighted by molar-refractivity contribution is 0.206. The Morgan fingerprint density at radius 3 is 2.47 bits per heavy atom. The van der Waals surface area contributed by atoms with Crippen LogP contribution in [0.15, 0.2) is 0 Å². The number of hydrogen-bond acceptors (Lipinski definition) is 1. The summed E-state index contributed by atoms with van der Waals surface area (Å²) in [5, 5.41) is 3.70. The summed E-state index contributed by atoms with van der Waals surface area (Å²) in [7, 11) is 0. The van der Waals surface area contributed by atoms with E-state index in [9.17, 15) is 0 Å². The topological polar surface area (TPSA) is 12.0 Å². The third-order valence-corrected chi connectivity index (χ3v) is 4.73. The van der Waals surface area contributed by atoms with Crippen molar-refractivity contribution in [3.05, 3.63) is 0 Å². The van der Waals surface area contributed by atoms with Crippen molar-refractivity contribution in [2.75, 3.05) is 6.54 Å². The van der Waals surface area contributed by atoms with Crippen LogP contribution >= 0.6 is 0 Å². The van der Waals surface area contributed by atoms with Gasteiger partial charge in [0, 0.05) is 12.5 Å². The summed E-state index contributed by atoms with van der Waals surface area (Å²) in [5.41, 5.74) is 0. The minimum Gasteiger partial charge on any atom is -0.314 e. The Bertz CT molecular complexity index is 245. The van der Waals surface area contributed by atoms with E-state index >= 15 is 0 Å². The average molecular weight is 263 g/mol. The summed E-state index contributed by atoms with van der Waals surface area (Å²) in [6.07, 6.45) is 18.8. The molecule has 0 aromatic heterocycles. The summed E-state index contributed by atoms with van der Waals surface area (Å²) in [6, 6.07) is 0.713. The van der Waals surface area contributed by atoms with E-state index in [2.05, 4.69) is 25.1 Å². The summed E-state index contributed by atoms with van der Waals surface area (Å²) in [4.78, 5) is 0. The number of terminal acetylenes is 1. The van der Waals surface area contributed by atoms with Crippen molar-refractivity contribution in [3.63, 3.8) is 0 Å². The van der Waals surface area contributed by atoms with Crippen LogP contribution in [0.2, 0.25) is 0 Å². The first-order chi connectivity index (χ1) is 9.31. The van der Waals surface area contributed by atoms with Gasteiger partial charge >= 0.3 is 0 Å². The van der Waals surface area contributed by atoms with Crippen LogP contribution in [0.4, 0.5) is 0 Å². The van der Waals surface area contributed by atoms with E-state index in [0.29, 0.717) is 6.04 Å². The smallest absolute Gasteiger partial charge is 0.00955 e. The summed E-state index contributed by atoms with van der Waals surface area (Å²) < 4.78 is 0. The van der Waals surface area contributed by atoms with E-state index < -0.39 is 0 Å². The van der Waals surface area contributed by atoms with Gasteiger partial charge in [-0.15, -0.1) is 12.3 Å². The molecule has 1 aliphatic rings. The van der Waals surface area contributed by atoms with Gasteiger partial charge in [0.2, 0.25) is 0 Å². The lowest BCUT2D eigenvalue weighted by Crippen LogP contribution is -2.38. The summed E-state index contributed by atoms with van der Waals surface area (Å²) in [6.45, 7) is 5.62. The Kier molecular flexibility index (Phi) is 9.01. The highest BCUT2D eigenvalue weighted by atomic mass is 14.9. The van der Waals surface area contributed by atoms with Gasteiger partial charge in [-0.05, 0) is 44.1 Å². The number of unbranched alkanes of at least 4 members (excludes halogenated alkanes) is 2. The van der Waals surface area contributed by atoms with Gasteiger partial charge in [-0.2, -0.15) is 0 Å². The van der Waals surface area contributed by atoms with Crippen LogP contribution in [-0.4, -0.2) is 12.6 Å². The van der Waals surface area contributed by atoms with Gasteiger partial charge in [0.15, 0.2) is 0 Å². The zero-order chi connectivity index (χ0) is 13.9. The molecule has 1 nitrogen and oxygen atoms in total. The molecular formula is C18H33N. The highest BCUT2D eigenvalue weighted by Gasteiger charge is 2.26. The molecule has 1 aliphatic carbocycles. The Morgan fingerprint density at radius 2 is 1.89 bits per heavy atom. The molecule has 1 atom stereocenters. The molecule has 0 amide bonds. The maximum atomic E-state index is 5.36. The van der Waals surface area contributed by atoms with E-state index in [4.69, 9.17) is 6.42 Å². The van der Waals surface area contributed by atoms with Crippen LogP contribution in [0.25, 0.3) is 0 Å². The summed E-state index contributed by atoms with van der Waals surface area (Å²) >= 11 is 0. The van der Waals surface area contributed by atoms with E-state index in [1.807, 2.05) is 0 Å². The predicted octanol–water partition coefficient (Wildman–Crippen LogP) is 4.76. The van der Waals surface area contributed by atoms with Crippen molar-refractivity contribution in [2.24, 2.45) is 11.8 Å². The van der Waals surface area contributed by atoms with Crippen molar-refractivity contribution < 1.29 is 0 Å². The molecule has 1 unspecified atom stereocenters. The van der Waals surface area contributed by atoms with Crippen LogP contribution in [0.3, 0.4) is 0 Å². The first kappa shape index (κ1) is 16.6. The third kappa shape index (κ3) is 6.48. The molecule has 0 bridgehead atoms. The molecule has 110 valence electrons. The lowest BCUT2D eigenvalue weighted by Gasteiger charge is -2.34. The first-order valence-corrected chi connectivity index (χ1v) is 8.48. The molecular weight excluding hydrogens is 230 g/mol. The van der Waals surface area contributed by atoms with E-state index in [1.165, 1.54) is 57.8 Å². The fraction of sp³-hybridized carbons (Fsp3) is 0.889. The van der Waals surface area contributed by atoms with Gasteiger partial charge in [0.05, 0.1) is 0 Å². The van der Waals surface area contributed by atoms with Crippen molar-refractivity contribution >= 4 is 0 Å². The quantitative estimate of drug-likeness (QED) is 0.467. The maximum absolute atomic E-state index is 5.36. The van der Waals surface area contributed by atoms with Crippen molar-refractivity contribution in [1.29, 1.82) is 0 Å². The van der Waals surface area contributed by atoms with Gasteiger partial charge in [-0.25, -0.2) is 0 Å². The first-order valence-electron chi connectivity index (χ1n) is 8.48. The molecule has 0 heterocycles. The Labute approximate surface area is 120 Å². The molecule has 1 N–H and O–H groups in total. The second-order valence-electron chi connectivity index (χ2n) is 6.18. The largest absolute Gasteiger partial charge is 0.314 e. The highest BCUT2D eigenvalue weighted by molar-refractivity contribution is 4.86. The molecule has 1 saturated carbocycles. The van der Waals surface area contributed by atoms with Gasteiger partial charge in [0.1, 0.15) is 0 Å². The second-order valence-corrected chi connectivity index (χ2v) is 6.18. The van der Waals surface area contributed by atoms with E-state index in [-0.39, 0.29) is 0 Å². The lowest BCUT2D eigenvalue weighted by atomic mass is 9.76. The zero-order valence-corrected chi connectivity index (χ0v) is 13.1. The van der Waals surface area contributed by atoms with E-state index in [0.717, 1.165) is 24.8 Å². The molecule has 0 radical (unpaired) electrons. The molecule has 19 heavy (non-hydrogen) atoms. The van der Waals surface area contributed by atoms with Crippen LogP contribution in [0, 0.1) is 24.2 Å². The third-order valence-electron chi connectivity index (χ3n) is 4.73. The van der Waals surface area contributed by atoms with Gasteiger partial charge < -0.3 is 5.32 Å². The maximum Gasteiger partial charge on any atom is 0.00955 e. The van der Waals surface area contributed by atoms with Crippen molar-refractivity contribution in [2.45, 2.75) is 84.1 Å². The van der Waals surface area contributed by atoms with Crippen molar-refractivity contribution in [3.8, 4) is 12.3 Å². The molecule has 1 rings (SSSR count). The second kappa shape index (κ2) is 10.3. The normalized spacial score (nSPS) is 24.9. The molecule has 1 fully saturated rings. The molecule has 0 aromatic rings. The van der Waals surface area contributed by atoms with Gasteiger partial charge in [0.25, 0.3) is 0 Å². The number of rotatable bonds is 9. The average Bonchev–Trinajstić information content (AvgIpc) is 2.45. The predicted molar refractivity (Wildman–Crippen MR) is 85.1 cm³/mol. The van der Waals surface area contributed by atoms with Gasteiger partial charge in [-0.3, -0.25) is 0 Å². The highest BCUT2D eigenvalue weighted by Crippen LogP contribution is 2.34. The summed E-state index contributed by atoms with van der Waals surface area (Å²) in [5.74, 6) is 4.69. The molecule has 1 heteroatoms. The Morgan fingerprint density at radius 1 is 1.16 bits per heavy atom. The Hall–Kier alpha value is -0.480. The minimum atomic E-state index is 0.713. The number of nitrogens with one attached hydrogen (secondary N) is 1. The fourth-order valence-corrected chi connectivity index (χ4v) is 3.56. The number of hydrogen-bond donors (Lipinski definition) is 1. The minimum absolute atomic E-state index is 0.713. The van der Waals surface area contributed by atoms with E-state index in [1.54, 1.807) is 0 Å². The fourth-order valence-electron chi connectivity index (χ4n) is 3.56. The van der Waals surface area contributed by atoms with Crippen LogP contribution in [0.1, 0.15) is 78.1 Å². The monoisotopic (exact) mass is 263 g/mol. The van der Waals surface area contributed by atoms with Crippen LogP contribution in [0.5, 0.6) is 0 Å².